The third kappa shape index (κ3) is 6.25. The van der Waals surface area contributed by atoms with Crippen LogP contribution >= 0.6 is 11.6 Å². The summed E-state index contributed by atoms with van der Waals surface area (Å²) in [6.07, 6.45) is 6.53. The number of carbonyl (C=O) groups is 1. The molecule has 3 aromatic rings. The fourth-order valence-corrected chi connectivity index (χ4v) is 3.99. The van der Waals surface area contributed by atoms with Gasteiger partial charge in [0.25, 0.3) is 5.91 Å². The van der Waals surface area contributed by atoms with Gasteiger partial charge in [0, 0.05) is 10.7 Å². The van der Waals surface area contributed by atoms with Crippen molar-refractivity contribution in [2.75, 3.05) is 11.9 Å². The first kappa shape index (κ1) is 21.3. The molecule has 4 nitrogen and oxygen atoms in total. The Hall–Kier alpha value is -2.98. The summed E-state index contributed by atoms with van der Waals surface area (Å²) in [5.74, 6) is 2.54. The van der Waals surface area contributed by atoms with Gasteiger partial charge >= 0.3 is 0 Å². The van der Waals surface area contributed by atoms with E-state index in [1.54, 1.807) is 48.5 Å². The maximum absolute atomic E-state index is 12.2. The van der Waals surface area contributed by atoms with Gasteiger partial charge in [-0.05, 0) is 85.0 Å². The second-order valence-electron chi connectivity index (χ2n) is 7.82. The van der Waals surface area contributed by atoms with Gasteiger partial charge in [0.2, 0.25) is 0 Å². The molecule has 160 valence electrons. The molecule has 1 saturated carbocycles. The summed E-state index contributed by atoms with van der Waals surface area (Å²) >= 11 is 5.88. The Kier molecular flexibility index (Phi) is 7.11. The molecule has 1 aliphatic rings. The van der Waals surface area contributed by atoms with Crippen LogP contribution in [-0.2, 0) is 4.79 Å². The topological polar surface area (TPSA) is 47.6 Å². The lowest BCUT2D eigenvalue weighted by Gasteiger charge is -2.22. The summed E-state index contributed by atoms with van der Waals surface area (Å²) in [6.45, 7) is -0.0359. The van der Waals surface area contributed by atoms with Crippen molar-refractivity contribution in [3.63, 3.8) is 0 Å². The van der Waals surface area contributed by atoms with Gasteiger partial charge in [0.1, 0.15) is 17.2 Å². The number of rotatable bonds is 7. The highest BCUT2D eigenvalue weighted by Gasteiger charge is 2.15. The summed E-state index contributed by atoms with van der Waals surface area (Å²) < 4.78 is 11.4. The molecule has 0 spiro atoms. The molecule has 0 heterocycles. The zero-order valence-electron chi connectivity index (χ0n) is 17.4. The van der Waals surface area contributed by atoms with Crippen LogP contribution in [0.1, 0.15) is 43.6 Å². The van der Waals surface area contributed by atoms with Crippen molar-refractivity contribution in [1.29, 1.82) is 0 Å². The molecule has 4 rings (SSSR count). The van der Waals surface area contributed by atoms with E-state index in [2.05, 4.69) is 17.4 Å². The summed E-state index contributed by atoms with van der Waals surface area (Å²) in [4.78, 5) is 12.2. The van der Waals surface area contributed by atoms with Crippen LogP contribution in [0.5, 0.6) is 17.2 Å². The highest BCUT2D eigenvalue weighted by molar-refractivity contribution is 6.30. The van der Waals surface area contributed by atoms with Crippen LogP contribution in [0.4, 0.5) is 5.69 Å². The van der Waals surface area contributed by atoms with E-state index in [1.165, 1.54) is 37.7 Å². The van der Waals surface area contributed by atoms with E-state index in [1.807, 2.05) is 12.1 Å². The lowest BCUT2D eigenvalue weighted by molar-refractivity contribution is -0.118. The summed E-state index contributed by atoms with van der Waals surface area (Å²) in [5.41, 5.74) is 2.06. The predicted octanol–water partition coefficient (Wildman–Crippen LogP) is 7.20. The number of benzene rings is 3. The van der Waals surface area contributed by atoms with E-state index >= 15 is 0 Å². The first-order chi connectivity index (χ1) is 15.2. The first-order valence-corrected chi connectivity index (χ1v) is 11.1. The van der Waals surface area contributed by atoms with Crippen molar-refractivity contribution in [2.45, 2.75) is 38.0 Å². The van der Waals surface area contributed by atoms with Gasteiger partial charge in [-0.15, -0.1) is 0 Å². The second-order valence-corrected chi connectivity index (χ2v) is 8.26. The van der Waals surface area contributed by atoms with Crippen LogP contribution < -0.4 is 14.8 Å². The van der Waals surface area contributed by atoms with Gasteiger partial charge in [0.15, 0.2) is 6.61 Å². The first-order valence-electron chi connectivity index (χ1n) is 10.7. The molecule has 1 aliphatic carbocycles. The van der Waals surface area contributed by atoms with Crippen LogP contribution in [0.2, 0.25) is 5.02 Å². The molecule has 0 bridgehead atoms. The minimum atomic E-state index is -0.206. The highest BCUT2D eigenvalue weighted by atomic mass is 35.5. The molecule has 0 unspecified atom stereocenters. The molecule has 31 heavy (non-hydrogen) atoms. The Morgan fingerprint density at radius 1 is 0.806 bits per heavy atom. The smallest absolute Gasteiger partial charge is 0.262 e. The molecule has 3 aromatic carbocycles. The van der Waals surface area contributed by atoms with Crippen molar-refractivity contribution in [2.24, 2.45) is 0 Å². The van der Waals surface area contributed by atoms with Crippen LogP contribution in [0.3, 0.4) is 0 Å². The molecule has 5 heteroatoms. The number of amides is 1. The van der Waals surface area contributed by atoms with E-state index < -0.39 is 0 Å². The number of hydrogen-bond acceptors (Lipinski definition) is 3. The van der Waals surface area contributed by atoms with Crippen molar-refractivity contribution >= 4 is 23.2 Å². The van der Waals surface area contributed by atoms with Gasteiger partial charge in [0.05, 0.1) is 0 Å². The molecule has 1 amide bonds. The average Bonchev–Trinajstić information content (AvgIpc) is 2.81. The quantitative estimate of drug-likeness (QED) is 0.427. The van der Waals surface area contributed by atoms with E-state index in [9.17, 15) is 4.79 Å². The van der Waals surface area contributed by atoms with Crippen molar-refractivity contribution in [1.82, 2.24) is 0 Å². The van der Waals surface area contributed by atoms with E-state index in [-0.39, 0.29) is 12.5 Å². The molecule has 0 aromatic heterocycles. The molecule has 1 N–H and O–H groups in total. The Balaban J connectivity index is 1.24. The van der Waals surface area contributed by atoms with Crippen molar-refractivity contribution < 1.29 is 14.3 Å². The molecular formula is C26H26ClNO3. The SMILES string of the molecule is O=C(COc1ccc(C2CCCCC2)cc1)Nc1ccc(Oc2ccc(Cl)cc2)cc1. The number of anilines is 1. The van der Waals surface area contributed by atoms with Crippen LogP contribution in [0.15, 0.2) is 72.8 Å². The third-order valence-corrected chi connectivity index (χ3v) is 5.77. The number of carbonyl (C=O) groups excluding carboxylic acids is 1. The van der Waals surface area contributed by atoms with E-state index in [0.717, 1.165) is 0 Å². The third-order valence-electron chi connectivity index (χ3n) is 5.51. The fourth-order valence-electron chi connectivity index (χ4n) is 3.86. The maximum Gasteiger partial charge on any atom is 0.262 e. The van der Waals surface area contributed by atoms with Gasteiger partial charge < -0.3 is 14.8 Å². The zero-order valence-corrected chi connectivity index (χ0v) is 18.1. The Morgan fingerprint density at radius 3 is 2.03 bits per heavy atom. The molecule has 0 radical (unpaired) electrons. The van der Waals surface area contributed by atoms with Gasteiger partial charge in [-0.2, -0.15) is 0 Å². The van der Waals surface area contributed by atoms with Gasteiger partial charge in [-0.3, -0.25) is 4.79 Å². The van der Waals surface area contributed by atoms with E-state index in [4.69, 9.17) is 21.1 Å². The summed E-state index contributed by atoms with van der Waals surface area (Å²) in [6, 6.07) is 22.5. The lowest BCUT2D eigenvalue weighted by Crippen LogP contribution is -2.20. The molecule has 1 fully saturated rings. The normalized spacial score (nSPS) is 14.1. The fraction of sp³-hybridized carbons (Fsp3) is 0.269. The highest BCUT2D eigenvalue weighted by Crippen LogP contribution is 2.33. The lowest BCUT2D eigenvalue weighted by atomic mass is 9.84. The van der Waals surface area contributed by atoms with Gasteiger partial charge in [-0.1, -0.05) is 43.0 Å². The standard InChI is InChI=1S/C26H26ClNO3/c27-21-8-14-24(15-9-21)31-25-16-10-22(11-17-25)28-26(29)18-30-23-12-6-20(7-13-23)19-4-2-1-3-5-19/h6-17,19H,1-5,18H2,(H,28,29). The molecular weight excluding hydrogens is 410 g/mol. The zero-order chi connectivity index (χ0) is 21.5. The molecule has 0 saturated heterocycles. The Bertz CT molecular complexity index is 979. The minimum Gasteiger partial charge on any atom is -0.484 e. The predicted molar refractivity (Wildman–Crippen MR) is 124 cm³/mol. The monoisotopic (exact) mass is 435 g/mol. The van der Waals surface area contributed by atoms with Crippen LogP contribution in [-0.4, -0.2) is 12.5 Å². The maximum atomic E-state index is 12.2. The molecule has 0 atom stereocenters. The van der Waals surface area contributed by atoms with Gasteiger partial charge in [-0.25, -0.2) is 0 Å². The van der Waals surface area contributed by atoms with Crippen LogP contribution in [0, 0.1) is 0 Å². The number of nitrogens with one attached hydrogen (secondary N) is 1. The summed E-state index contributed by atoms with van der Waals surface area (Å²) in [5, 5.41) is 3.50. The van der Waals surface area contributed by atoms with E-state index in [0.29, 0.717) is 33.9 Å². The summed E-state index contributed by atoms with van der Waals surface area (Å²) in [7, 11) is 0. The minimum absolute atomic E-state index is 0.0359. The average molecular weight is 436 g/mol. The number of halogens is 1. The largest absolute Gasteiger partial charge is 0.484 e. The second kappa shape index (κ2) is 10.4. The van der Waals surface area contributed by atoms with Crippen molar-refractivity contribution in [3.8, 4) is 17.2 Å². The Labute approximate surface area is 188 Å². The van der Waals surface area contributed by atoms with Crippen LogP contribution in [0.25, 0.3) is 0 Å². The number of hydrogen-bond donors (Lipinski definition) is 1. The number of ether oxygens (including phenoxy) is 2. The molecule has 0 aliphatic heterocycles. The van der Waals surface area contributed by atoms with Crippen molar-refractivity contribution in [3.05, 3.63) is 83.4 Å². The Morgan fingerprint density at radius 2 is 1.39 bits per heavy atom.